The quantitative estimate of drug-likeness (QED) is 0.847. The Morgan fingerprint density at radius 2 is 2.44 bits per heavy atom. The second-order valence-corrected chi connectivity index (χ2v) is 5.21. The molecule has 18 heavy (non-hydrogen) atoms. The first kappa shape index (κ1) is 12.1. The van der Waals surface area contributed by atoms with Crippen LogP contribution in [0.25, 0.3) is 0 Å². The Labute approximate surface area is 106 Å². The number of aromatic nitrogens is 2. The number of aliphatic hydroxyl groups is 1. The molecular weight excluding hydrogens is 234 g/mol. The number of nitrogens with zero attached hydrogens (tertiary/aromatic N) is 3. The number of fused-ring (bicyclic) bond motifs is 1. The average molecular weight is 253 g/mol. The van der Waals surface area contributed by atoms with Crippen LogP contribution >= 0.6 is 0 Å². The van der Waals surface area contributed by atoms with E-state index in [0.717, 1.165) is 19.7 Å². The van der Waals surface area contributed by atoms with Gasteiger partial charge in [-0.2, -0.15) is 4.98 Å². The zero-order chi connectivity index (χ0) is 12.5. The lowest BCUT2D eigenvalue weighted by atomic mass is 10.2. The van der Waals surface area contributed by atoms with Crippen LogP contribution in [0.1, 0.15) is 37.6 Å². The van der Waals surface area contributed by atoms with Crippen molar-refractivity contribution in [1.29, 1.82) is 0 Å². The maximum Gasteiger partial charge on any atom is 0.229 e. The van der Waals surface area contributed by atoms with Gasteiger partial charge in [-0.25, -0.2) is 0 Å². The number of morpholine rings is 1. The number of aliphatic hydroxyl groups excluding tert-OH is 1. The van der Waals surface area contributed by atoms with Crippen molar-refractivity contribution in [1.82, 2.24) is 15.0 Å². The highest BCUT2D eigenvalue weighted by Crippen LogP contribution is 2.28. The van der Waals surface area contributed by atoms with E-state index in [1.54, 1.807) is 6.92 Å². The fourth-order valence-electron chi connectivity index (χ4n) is 2.71. The van der Waals surface area contributed by atoms with Crippen LogP contribution in [0.2, 0.25) is 0 Å². The maximum absolute atomic E-state index is 9.28. The largest absolute Gasteiger partial charge is 0.393 e. The molecule has 2 saturated heterocycles. The van der Waals surface area contributed by atoms with E-state index in [9.17, 15) is 5.11 Å². The standard InChI is InChI=1S/C12H19N3O3/c1-8(16)5-11-13-12(14-18-11)10-6-15-4-2-3-9(15)7-17-10/h8-10,16H,2-7H2,1H3. The molecule has 0 spiro atoms. The molecule has 1 N–H and O–H groups in total. The van der Waals surface area contributed by atoms with Gasteiger partial charge in [-0.1, -0.05) is 5.16 Å². The van der Waals surface area contributed by atoms with E-state index in [2.05, 4.69) is 15.0 Å². The molecule has 0 aliphatic carbocycles. The highest BCUT2D eigenvalue weighted by molar-refractivity contribution is 4.97. The topological polar surface area (TPSA) is 71.6 Å². The Hall–Kier alpha value is -0.980. The highest BCUT2D eigenvalue weighted by atomic mass is 16.5. The van der Waals surface area contributed by atoms with Crippen molar-refractivity contribution in [3.63, 3.8) is 0 Å². The molecule has 3 atom stereocenters. The summed E-state index contributed by atoms with van der Waals surface area (Å²) in [5, 5.41) is 13.2. The Morgan fingerprint density at radius 3 is 3.28 bits per heavy atom. The normalized spacial score (nSPS) is 30.3. The molecule has 0 amide bonds. The molecule has 2 aliphatic heterocycles. The second-order valence-electron chi connectivity index (χ2n) is 5.21. The van der Waals surface area contributed by atoms with Gasteiger partial charge in [0.2, 0.25) is 11.7 Å². The predicted molar refractivity (Wildman–Crippen MR) is 63.0 cm³/mol. The first-order valence-electron chi connectivity index (χ1n) is 6.58. The summed E-state index contributed by atoms with van der Waals surface area (Å²) in [6, 6.07) is 0.574. The van der Waals surface area contributed by atoms with Crippen LogP contribution in [-0.4, -0.2) is 52.0 Å². The first-order valence-corrected chi connectivity index (χ1v) is 6.58. The Bertz CT molecular complexity index is 407. The molecule has 1 aromatic heterocycles. The van der Waals surface area contributed by atoms with Crippen molar-refractivity contribution < 1.29 is 14.4 Å². The molecule has 2 fully saturated rings. The second kappa shape index (κ2) is 4.95. The zero-order valence-corrected chi connectivity index (χ0v) is 10.6. The van der Waals surface area contributed by atoms with Crippen molar-refractivity contribution in [2.75, 3.05) is 19.7 Å². The van der Waals surface area contributed by atoms with E-state index in [0.29, 0.717) is 24.2 Å². The van der Waals surface area contributed by atoms with Gasteiger partial charge in [0.05, 0.1) is 19.1 Å². The molecule has 0 aromatic carbocycles. The molecular formula is C12H19N3O3. The summed E-state index contributed by atoms with van der Waals surface area (Å²) in [6.07, 6.45) is 2.32. The lowest BCUT2D eigenvalue weighted by molar-refractivity contribution is -0.0548. The summed E-state index contributed by atoms with van der Waals surface area (Å²) in [7, 11) is 0. The minimum Gasteiger partial charge on any atom is -0.393 e. The highest BCUT2D eigenvalue weighted by Gasteiger charge is 2.34. The summed E-state index contributed by atoms with van der Waals surface area (Å²) in [4.78, 5) is 6.74. The van der Waals surface area contributed by atoms with Crippen LogP contribution < -0.4 is 0 Å². The lowest BCUT2D eigenvalue weighted by Crippen LogP contribution is -2.42. The third kappa shape index (κ3) is 2.41. The smallest absolute Gasteiger partial charge is 0.229 e. The molecule has 6 heteroatoms. The van der Waals surface area contributed by atoms with Gasteiger partial charge >= 0.3 is 0 Å². The van der Waals surface area contributed by atoms with Crippen LogP contribution in [-0.2, 0) is 11.2 Å². The predicted octanol–water partition coefficient (Wildman–Crippen LogP) is 0.529. The molecule has 100 valence electrons. The molecule has 0 radical (unpaired) electrons. The first-order chi connectivity index (χ1) is 8.72. The van der Waals surface area contributed by atoms with Crippen molar-refractivity contribution in [2.45, 2.75) is 44.4 Å². The van der Waals surface area contributed by atoms with Gasteiger partial charge in [-0.05, 0) is 26.3 Å². The van der Waals surface area contributed by atoms with Crippen molar-refractivity contribution >= 4 is 0 Å². The molecule has 0 bridgehead atoms. The van der Waals surface area contributed by atoms with E-state index < -0.39 is 6.10 Å². The number of hydrogen-bond donors (Lipinski definition) is 1. The number of rotatable bonds is 3. The molecule has 0 saturated carbocycles. The summed E-state index contributed by atoms with van der Waals surface area (Å²) in [5.74, 6) is 1.09. The monoisotopic (exact) mass is 253 g/mol. The van der Waals surface area contributed by atoms with Gasteiger partial charge in [0, 0.05) is 12.6 Å². The van der Waals surface area contributed by atoms with Crippen LogP contribution in [0.5, 0.6) is 0 Å². The molecule has 3 heterocycles. The maximum atomic E-state index is 9.28. The third-order valence-corrected chi connectivity index (χ3v) is 3.63. The van der Waals surface area contributed by atoms with Gasteiger partial charge in [0.15, 0.2) is 0 Å². The van der Waals surface area contributed by atoms with E-state index >= 15 is 0 Å². The average Bonchev–Trinajstić information content (AvgIpc) is 2.95. The van der Waals surface area contributed by atoms with Crippen LogP contribution in [0.4, 0.5) is 0 Å². The van der Waals surface area contributed by atoms with Crippen LogP contribution in [0, 0.1) is 0 Å². The molecule has 3 rings (SSSR count). The van der Waals surface area contributed by atoms with Crippen molar-refractivity contribution in [3.05, 3.63) is 11.7 Å². The van der Waals surface area contributed by atoms with E-state index in [4.69, 9.17) is 9.26 Å². The number of ether oxygens (including phenoxy) is 1. The Balaban J connectivity index is 1.65. The van der Waals surface area contributed by atoms with Gasteiger partial charge in [-0.15, -0.1) is 0 Å². The van der Waals surface area contributed by atoms with Gasteiger partial charge in [0.1, 0.15) is 6.10 Å². The molecule has 2 aliphatic rings. The third-order valence-electron chi connectivity index (χ3n) is 3.63. The molecule has 3 unspecified atom stereocenters. The lowest BCUT2D eigenvalue weighted by Gasteiger charge is -2.33. The van der Waals surface area contributed by atoms with Crippen LogP contribution in [0.15, 0.2) is 4.52 Å². The van der Waals surface area contributed by atoms with Crippen molar-refractivity contribution in [2.24, 2.45) is 0 Å². The van der Waals surface area contributed by atoms with E-state index in [1.165, 1.54) is 12.8 Å². The summed E-state index contributed by atoms with van der Waals surface area (Å²) >= 11 is 0. The van der Waals surface area contributed by atoms with Gasteiger partial charge in [-0.3, -0.25) is 4.90 Å². The SMILES string of the molecule is CC(O)Cc1nc(C2CN3CCCC3CO2)no1. The molecule has 1 aromatic rings. The fraction of sp³-hybridized carbons (Fsp3) is 0.833. The molecule has 6 nitrogen and oxygen atoms in total. The minimum atomic E-state index is -0.464. The Morgan fingerprint density at radius 1 is 1.56 bits per heavy atom. The summed E-state index contributed by atoms with van der Waals surface area (Å²) in [6.45, 7) is 4.45. The van der Waals surface area contributed by atoms with E-state index in [-0.39, 0.29) is 6.10 Å². The fourth-order valence-corrected chi connectivity index (χ4v) is 2.71. The summed E-state index contributed by atoms with van der Waals surface area (Å²) in [5.41, 5.74) is 0. The van der Waals surface area contributed by atoms with E-state index in [1.807, 2.05) is 0 Å². The Kier molecular flexibility index (Phi) is 3.32. The summed E-state index contributed by atoms with van der Waals surface area (Å²) < 4.78 is 10.9. The van der Waals surface area contributed by atoms with Crippen molar-refractivity contribution in [3.8, 4) is 0 Å². The van der Waals surface area contributed by atoms with Crippen LogP contribution in [0.3, 0.4) is 0 Å². The van der Waals surface area contributed by atoms with Gasteiger partial charge in [0.25, 0.3) is 0 Å². The minimum absolute atomic E-state index is 0.0918. The van der Waals surface area contributed by atoms with Gasteiger partial charge < -0.3 is 14.4 Å². The number of hydrogen-bond acceptors (Lipinski definition) is 6. The zero-order valence-electron chi connectivity index (χ0n) is 10.6.